The minimum absolute atomic E-state index is 0.174. The number of ketones is 1. The fraction of sp³-hybridized carbons (Fsp3) is 0.296. The zero-order valence-electron chi connectivity index (χ0n) is 16.7. The lowest BCUT2D eigenvalue weighted by atomic mass is 9.98. The van der Waals surface area contributed by atoms with Gasteiger partial charge in [0, 0.05) is 23.9 Å². The first kappa shape index (κ1) is 18.3. The van der Waals surface area contributed by atoms with Gasteiger partial charge in [-0.3, -0.25) is 4.79 Å². The second kappa shape index (κ2) is 7.96. The molecule has 2 unspecified atom stereocenters. The average molecular weight is 382 g/mol. The van der Waals surface area contributed by atoms with Crippen LogP contribution in [0.4, 0.5) is 0 Å². The number of rotatable bonds is 8. The van der Waals surface area contributed by atoms with Gasteiger partial charge in [0.15, 0.2) is 5.78 Å². The maximum Gasteiger partial charge on any atom is 0.167 e. The number of hydrogen-bond acceptors (Lipinski definition) is 2. The summed E-state index contributed by atoms with van der Waals surface area (Å²) in [6.45, 7) is 1.19. The second-order valence-corrected chi connectivity index (χ2v) is 8.59. The van der Waals surface area contributed by atoms with Gasteiger partial charge in [-0.15, -0.1) is 0 Å². The SMILES string of the molecule is O=C(Cc1ccc(C2CC2NCC2CC2)cc1)c1ccc(-c2ccccc2)cc1. The fourth-order valence-electron chi connectivity index (χ4n) is 4.08. The van der Waals surface area contributed by atoms with E-state index in [1.165, 1.54) is 36.9 Å². The van der Waals surface area contributed by atoms with Crippen LogP contribution in [0.25, 0.3) is 11.1 Å². The molecule has 146 valence electrons. The van der Waals surface area contributed by atoms with Crippen molar-refractivity contribution in [1.29, 1.82) is 0 Å². The van der Waals surface area contributed by atoms with Crippen LogP contribution in [0.3, 0.4) is 0 Å². The van der Waals surface area contributed by atoms with Crippen molar-refractivity contribution in [3.05, 3.63) is 95.6 Å². The molecule has 2 nitrogen and oxygen atoms in total. The molecule has 0 heterocycles. The van der Waals surface area contributed by atoms with E-state index in [0.29, 0.717) is 18.4 Å². The van der Waals surface area contributed by atoms with E-state index in [1.807, 2.05) is 42.5 Å². The van der Waals surface area contributed by atoms with Gasteiger partial charge in [-0.25, -0.2) is 0 Å². The number of carbonyl (C=O) groups is 1. The van der Waals surface area contributed by atoms with Gasteiger partial charge in [-0.1, -0.05) is 78.9 Å². The quantitative estimate of drug-likeness (QED) is 0.512. The van der Waals surface area contributed by atoms with E-state index < -0.39 is 0 Å². The minimum Gasteiger partial charge on any atom is -0.313 e. The Morgan fingerprint density at radius 3 is 2.21 bits per heavy atom. The third-order valence-electron chi connectivity index (χ3n) is 6.24. The number of Topliss-reactive ketones (excluding diaryl/α,β-unsaturated/α-hetero) is 1. The molecular weight excluding hydrogens is 354 g/mol. The Balaban J connectivity index is 1.17. The highest BCUT2D eigenvalue weighted by Crippen LogP contribution is 2.41. The number of carbonyl (C=O) groups excluding carboxylic acids is 1. The molecule has 1 N–H and O–H groups in total. The molecule has 3 aromatic rings. The maximum absolute atomic E-state index is 12.7. The number of nitrogens with one attached hydrogen (secondary N) is 1. The van der Waals surface area contributed by atoms with Crippen LogP contribution in [0.15, 0.2) is 78.9 Å². The third kappa shape index (κ3) is 4.49. The highest BCUT2D eigenvalue weighted by Gasteiger charge is 2.38. The van der Waals surface area contributed by atoms with Crippen molar-refractivity contribution >= 4 is 5.78 Å². The molecule has 2 aliphatic carbocycles. The van der Waals surface area contributed by atoms with Crippen molar-refractivity contribution < 1.29 is 4.79 Å². The minimum atomic E-state index is 0.174. The van der Waals surface area contributed by atoms with E-state index in [9.17, 15) is 4.79 Å². The molecule has 2 fully saturated rings. The van der Waals surface area contributed by atoms with Crippen LogP contribution in [-0.2, 0) is 6.42 Å². The third-order valence-corrected chi connectivity index (χ3v) is 6.24. The summed E-state index contributed by atoms with van der Waals surface area (Å²) in [5, 5.41) is 3.70. The topological polar surface area (TPSA) is 29.1 Å². The molecule has 0 aromatic heterocycles. The van der Waals surface area contributed by atoms with Gasteiger partial charge in [0.25, 0.3) is 0 Å². The van der Waals surface area contributed by atoms with E-state index in [0.717, 1.165) is 22.6 Å². The molecule has 5 rings (SSSR count). The average Bonchev–Trinajstić information content (AvgIpc) is 3.69. The smallest absolute Gasteiger partial charge is 0.167 e. The van der Waals surface area contributed by atoms with Gasteiger partial charge in [0.2, 0.25) is 0 Å². The van der Waals surface area contributed by atoms with Gasteiger partial charge >= 0.3 is 0 Å². The summed E-state index contributed by atoms with van der Waals surface area (Å²) in [7, 11) is 0. The summed E-state index contributed by atoms with van der Waals surface area (Å²) in [6, 6.07) is 27.6. The molecule has 0 amide bonds. The van der Waals surface area contributed by atoms with E-state index in [-0.39, 0.29) is 5.78 Å². The Kier molecular flexibility index (Phi) is 5.03. The molecule has 0 bridgehead atoms. The lowest BCUT2D eigenvalue weighted by molar-refractivity contribution is 0.0993. The standard InChI is InChI=1S/C27H27NO/c29-27(24-14-12-22(13-15-24)21-4-2-1-3-5-21)16-19-8-10-23(11-9-19)25-17-26(25)28-18-20-6-7-20/h1-5,8-15,20,25-26,28H,6-7,16-18H2. The summed E-state index contributed by atoms with van der Waals surface area (Å²) in [5.74, 6) is 1.77. The highest BCUT2D eigenvalue weighted by atomic mass is 16.1. The van der Waals surface area contributed by atoms with Gasteiger partial charge in [-0.2, -0.15) is 0 Å². The lowest BCUT2D eigenvalue weighted by Gasteiger charge is -2.06. The monoisotopic (exact) mass is 381 g/mol. The molecule has 3 aromatic carbocycles. The molecule has 0 saturated heterocycles. The van der Waals surface area contributed by atoms with Crippen molar-refractivity contribution in [2.24, 2.45) is 5.92 Å². The summed E-state index contributed by atoms with van der Waals surface area (Å²) in [5.41, 5.74) is 5.59. The van der Waals surface area contributed by atoms with Crippen molar-refractivity contribution in [3.63, 3.8) is 0 Å². The molecule has 0 radical (unpaired) electrons. The van der Waals surface area contributed by atoms with Crippen LogP contribution in [0.5, 0.6) is 0 Å². The van der Waals surface area contributed by atoms with Gasteiger partial charge < -0.3 is 5.32 Å². The molecule has 0 aliphatic heterocycles. The summed E-state index contributed by atoms with van der Waals surface area (Å²) in [4.78, 5) is 12.7. The van der Waals surface area contributed by atoms with Crippen LogP contribution >= 0.6 is 0 Å². The maximum atomic E-state index is 12.7. The first-order valence-electron chi connectivity index (χ1n) is 10.8. The predicted octanol–water partition coefficient (Wildman–Crippen LogP) is 5.63. The predicted molar refractivity (Wildman–Crippen MR) is 118 cm³/mol. The molecule has 0 spiro atoms. The fourth-order valence-corrected chi connectivity index (χ4v) is 4.08. The van der Waals surface area contributed by atoms with E-state index >= 15 is 0 Å². The Morgan fingerprint density at radius 2 is 1.52 bits per heavy atom. The van der Waals surface area contributed by atoms with Gasteiger partial charge in [0.1, 0.15) is 0 Å². The van der Waals surface area contributed by atoms with E-state index in [1.54, 1.807) is 0 Å². The Labute approximate surface area is 173 Å². The van der Waals surface area contributed by atoms with Gasteiger partial charge in [-0.05, 0) is 54.0 Å². The zero-order valence-corrected chi connectivity index (χ0v) is 16.7. The Bertz CT molecular complexity index is 971. The number of hydrogen-bond donors (Lipinski definition) is 1. The summed E-state index contributed by atoms with van der Waals surface area (Å²) in [6.07, 6.45) is 4.52. The van der Waals surface area contributed by atoms with Crippen molar-refractivity contribution in [3.8, 4) is 11.1 Å². The van der Waals surface area contributed by atoms with Crippen molar-refractivity contribution in [2.75, 3.05) is 6.54 Å². The molecule has 2 heteroatoms. The van der Waals surface area contributed by atoms with Gasteiger partial charge in [0.05, 0.1) is 0 Å². The first-order valence-corrected chi connectivity index (χ1v) is 10.8. The normalized spacial score (nSPS) is 20.4. The molecule has 2 saturated carbocycles. The lowest BCUT2D eigenvalue weighted by Crippen LogP contribution is -2.20. The van der Waals surface area contributed by atoms with Crippen molar-refractivity contribution in [1.82, 2.24) is 5.32 Å². The molecule has 29 heavy (non-hydrogen) atoms. The van der Waals surface area contributed by atoms with Crippen LogP contribution < -0.4 is 5.32 Å². The summed E-state index contributed by atoms with van der Waals surface area (Å²) < 4.78 is 0. The van der Waals surface area contributed by atoms with Crippen LogP contribution in [0.1, 0.15) is 46.7 Å². The van der Waals surface area contributed by atoms with Crippen LogP contribution in [0.2, 0.25) is 0 Å². The number of benzene rings is 3. The van der Waals surface area contributed by atoms with Crippen molar-refractivity contribution in [2.45, 2.75) is 37.6 Å². The second-order valence-electron chi connectivity index (χ2n) is 8.59. The molecular formula is C27H27NO. The van der Waals surface area contributed by atoms with E-state index in [4.69, 9.17) is 0 Å². The molecule has 2 aliphatic rings. The molecule has 2 atom stereocenters. The Hall–Kier alpha value is -2.71. The largest absolute Gasteiger partial charge is 0.313 e. The Morgan fingerprint density at radius 1 is 0.828 bits per heavy atom. The van der Waals surface area contributed by atoms with Crippen LogP contribution in [0, 0.1) is 5.92 Å². The highest BCUT2D eigenvalue weighted by molar-refractivity contribution is 5.97. The summed E-state index contributed by atoms with van der Waals surface area (Å²) >= 11 is 0. The first-order chi connectivity index (χ1) is 14.3. The van der Waals surface area contributed by atoms with Crippen LogP contribution in [-0.4, -0.2) is 18.4 Å². The van der Waals surface area contributed by atoms with E-state index in [2.05, 4.69) is 41.7 Å². The zero-order chi connectivity index (χ0) is 19.6.